The molecule has 4 rings (SSSR count). The molecule has 3 aromatic carbocycles. The quantitative estimate of drug-likeness (QED) is 0.302. The van der Waals surface area contributed by atoms with Crippen LogP contribution in [0, 0.1) is 0 Å². The molecule has 0 unspecified atom stereocenters. The maximum absolute atomic E-state index is 4.88. The third kappa shape index (κ3) is 3.77. The first-order valence-corrected chi connectivity index (χ1v) is 9.51. The highest BCUT2D eigenvalue weighted by Crippen LogP contribution is 2.29. The Morgan fingerprint density at radius 2 is 0.929 bits per heavy atom. The molecule has 2 nitrogen and oxygen atoms in total. The average molecular weight is 363 g/mol. The van der Waals surface area contributed by atoms with Crippen LogP contribution in [0.5, 0.6) is 0 Å². The van der Waals surface area contributed by atoms with Crippen molar-refractivity contribution in [2.45, 2.75) is 13.8 Å². The van der Waals surface area contributed by atoms with Gasteiger partial charge in [-0.1, -0.05) is 66.7 Å². The van der Waals surface area contributed by atoms with E-state index in [1.807, 2.05) is 32.0 Å². The molecule has 0 radical (unpaired) electrons. The first-order chi connectivity index (χ1) is 13.7. The summed E-state index contributed by atoms with van der Waals surface area (Å²) in [6.07, 6.45) is 0. The SMILES string of the molecule is CC(C)=N[n+]1c(-c2ccccc2)cc(-c2ccccc2)cc1-c1ccccc1. The van der Waals surface area contributed by atoms with E-state index < -0.39 is 0 Å². The van der Waals surface area contributed by atoms with E-state index in [2.05, 4.69) is 89.6 Å². The maximum atomic E-state index is 4.88. The maximum Gasteiger partial charge on any atom is 0.246 e. The van der Waals surface area contributed by atoms with Gasteiger partial charge >= 0.3 is 0 Å². The Morgan fingerprint density at radius 1 is 0.536 bits per heavy atom. The minimum Gasteiger partial charge on any atom is -0.0622 e. The van der Waals surface area contributed by atoms with Gasteiger partial charge in [-0.2, -0.15) is 0 Å². The molecule has 2 heteroatoms. The highest BCUT2D eigenvalue weighted by molar-refractivity contribution is 5.79. The predicted octanol–water partition coefficient (Wildman–Crippen LogP) is 6.22. The van der Waals surface area contributed by atoms with Gasteiger partial charge in [0, 0.05) is 23.3 Å². The molecule has 0 fully saturated rings. The van der Waals surface area contributed by atoms with Gasteiger partial charge < -0.3 is 0 Å². The van der Waals surface area contributed by atoms with Crippen LogP contribution in [0.15, 0.2) is 108 Å². The molecule has 0 amide bonds. The number of pyridine rings is 1. The zero-order chi connectivity index (χ0) is 19.3. The van der Waals surface area contributed by atoms with Gasteiger partial charge in [-0.25, -0.2) is 0 Å². The van der Waals surface area contributed by atoms with Crippen LogP contribution in [0.1, 0.15) is 13.8 Å². The fraction of sp³-hybridized carbons (Fsp3) is 0.0769. The molecule has 0 spiro atoms. The van der Waals surface area contributed by atoms with Crippen LogP contribution in [0.3, 0.4) is 0 Å². The lowest BCUT2D eigenvalue weighted by molar-refractivity contribution is -0.656. The molecule has 0 aliphatic carbocycles. The summed E-state index contributed by atoms with van der Waals surface area (Å²) in [4.78, 5) is 0. The number of rotatable bonds is 4. The van der Waals surface area contributed by atoms with E-state index in [1.165, 1.54) is 11.1 Å². The zero-order valence-corrected chi connectivity index (χ0v) is 16.2. The molecule has 0 saturated carbocycles. The Bertz CT molecular complexity index is 1030. The molecule has 0 aliphatic rings. The molecule has 1 heterocycles. The van der Waals surface area contributed by atoms with Gasteiger partial charge in [0.1, 0.15) is 0 Å². The van der Waals surface area contributed by atoms with Gasteiger partial charge in [0.2, 0.25) is 11.4 Å². The number of benzene rings is 3. The third-order valence-corrected chi connectivity index (χ3v) is 4.59. The van der Waals surface area contributed by atoms with Crippen molar-refractivity contribution < 1.29 is 4.68 Å². The Balaban J connectivity index is 2.07. The van der Waals surface area contributed by atoms with Crippen molar-refractivity contribution in [3.63, 3.8) is 0 Å². The summed E-state index contributed by atoms with van der Waals surface area (Å²) in [5.74, 6) is 0. The first-order valence-electron chi connectivity index (χ1n) is 9.51. The van der Waals surface area contributed by atoms with Gasteiger partial charge in [0.05, 0.1) is 5.71 Å². The van der Waals surface area contributed by atoms with E-state index in [0.717, 1.165) is 28.2 Å². The lowest BCUT2D eigenvalue weighted by atomic mass is 10.00. The predicted molar refractivity (Wildman–Crippen MR) is 117 cm³/mol. The van der Waals surface area contributed by atoms with E-state index in [1.54, 1.807) is 0 Å². The van der Waals surface area contributed by atoms with Crippen molar-refractivity contribution in [2.75, 3.05) is 0 Å². The van der Waals surface area contributed by atoms with E-state index in [9.17, 15) is 0 Å². The summed E-state index contributed by atoms with van der Waals surface area (Å²) in [5.41, 5.74) is 7.81. The van der Waals surface area contributed by atoms with Crippen LogP contribution in [0.4, 0.5) is 0 Å². The molecule has 0 aliphatic heterocycles. The van der Waals surface area contributed by atoms with Crippen LogP contribution in [-0.4, -0.2) is 5.71 Å². The number of nitrogens with zero attached hydrogens (tertiary/aromatic N) is 2. The Morgan fingerprint density at radius 3 is 1.32 bits per heavy atom. The summed E-state index contributed by atoms with van der Waals surface area (Å²) in [5, 5.41) is 4.88. The molecule has 0 atom stereocenters. The largest absolute Gasteiger partial charge is 0.246 e. The molecular formula is C26H23N2+. The molecule has 4 aromatic rings. The number of hydrogen-bond donors (Lipinski definition) is 0. The van der Waals surface area contributed by atoms with Gasteiger partial charge in [-0.15, -0.1) is 0 Å². The van der Waals surface area contributed by atoms with Crippen LogP contribution in [0.25, 0.3) is 33.6 Å². The van der Waals surface area contributed by atoms with Gasteiger partial charge in [-0.3, -0.25) is 0 Å². The Hall–Kier alpha value is -3.52. The van der Waals surface area contributed by atoms with Crippen LogP contribution in [-0.2, 0) is 0 Å². The Kier molecular flexibility index (Phi) is 5.11. The van der Waals surface area contributed by atoms with Crippen LogP contribution < -0.4 is 4.68 Å². The molecule has 136 valence electrons. The minimum atomic E-state index is 1.01. The number of hydrogen-bond acceptors (Lipinski definition) is 1. The smallest absolute Gasteiger partial charge is 0.0622 e. The molecule has 0 N–H and O–H groups in total. The summed E-state index contributed by atoms with van der Waals surface area (Å²) in [6.45, 7) is 4.06. The monoisotopic (exact) mass is 363 g/mol. The van der Waals surface area contributed by atoms with Crippen molar-refractivity contribution in [1.29, 1.82) is 0 Å². The molecule has 0 bridgehead atoms. The van der Waals surface area contributed by atoms with Crippen molar-refractivity contribution in [3.05, 3.63) is 103 Å². The van der Waals surface area contributed by atoms with Crippen molar-refractivity contribution in [2.24, 2.45) is 5.10 Å². The van der Waals surface area contributed by atoms with E-state index in [-0.39, 0.29) is 0 Å². The minimum absolute atomic E-state index is 1.01. The van der Waals surface area contributed by atoms with E-state index in [0.29, 0.717) is 0 Å². The fourth-order valence-corrected chi connectivity index (χ4v) is 3.32. The fourth-order valence-electron chi connectivity index (χ4n) is 3.32. The second-order valence-electron chi connectivity index (χ2n) is 6.97. The van der Waals surface area contributed by atoms with Gasteiger partial charge in [0.15, 0.2) is 0 Å². The number of aromatic nitrogens is 1. The van der Waals surface area contributed by atoms with Crippen molar-refractivity contribution in [1.82, 2.24) is 0 Å². The molecular weight excluding hydrogens is 340 g/mol. The lowest BCUT2D eigenvalue weighted by Gasteiger charge is -2.09. The normalized spacial score (nSPS) is 10.5. The van der Waals surface area contributed by atoms with Gasteiger partial charge in [-0.05, 0) is 59.0 Å². The topological polar surface area (TPSA) is 16.2 Å². The average Bonchev–Trinajstić information content (AvgIpc) is 2.75. The second-order valence-corrected chi connectivity index (χ2v) is 6.97. The zero-order valence-electron chi connectivity index (χ0n) is 16.2. The van der Waals surface area contributed by atoms with Crippen molar-refractivity contribution in [3.8, 4) is 33.6 Å². The molecule has 1 aromatic heterocycles. The molecule has 28 heavy (non-hydrogen) atoms. The summed E-state index contributed by atoms with van der Waals surface area (Å²) in [7, 11) is 0. The van der Waals surface area contributed by atoms with E-state index >= 15 is 0 Å². The highest BCUT2D eigenvalue weighted by Gasteiger charge is 2.23. The first kappa shape index (κ1) is 17.9. The standard InChI is InChI=1S/C26H23N2/c1-20(2)27-28-25(22-14-8-4-9-15-22)18-24(21-12-6-3-7-13-21)19-26(28)23-16-10-5-11-17-23/h3-19H,1-2H3/q+1. The van der Waals surface area contributed by atoms with E-state index in [4.69, 9.17) is 5.10 Å². The molecule has 0 saturated heterocycles. The summed E-state index contributed by atoms with van der Waals surface area (Å²) in [6, 6.07) is 35.9. The van der Waals surface area contributed by atoms with Crippen LogP contribution in [0.2, 0.25) is 0 Å². The van der Waals surface area contributed by atoms with Crippen LogP contribution >= 0.6 is 0 Å². The summed E-state index contributed by atoms with van der Waals surface area (Å²) < 4.78 is 2.06. The van der Waals surface area contributed by atoms with Crippen molar-refractivity contribution >= 4 is 5.71 Å². The highest BCUT2D eigenvalue weighted by atomic mass is 15.4. The second kappa shape index (κ2) is 8.01. The lowest BCUT2D eigenvalue weighted by Crippen LogP contribution is -2.34. The van der Waals surface area contributed by atoms with Gasteiger partial charge in [0.25, 0.3) is 0 Å². The third-order valence-electron chi connectivity index (χ3n) is 4.59. The summed E-state index contributed by atoms with van der Waals surface area (Å²) >= 11 is 0. The Labute approximate surface area is 166 Å².